The predicted octanol–water partition coefficient (Wildman–Crippen LogP) is 3.17. The molecule has 0 bridgehead atoms. The summed E-state index contributed by atoms with van der Waals surface area (Å²) in [5, 5.41) is 5.44. The van der Waals surface area contributed by atoms with Crippen molar-refractivity contribution in [1.82, 2.24) is 15.5 Å². The van der Waals surface area contributed by atoms with Crippen molar-refractivity contribution in [3.63, 3.8) is 0 Å². The molecule has 1 saturated heterocycles. The lowest BCUT2D eigenvalue weighted by molar-refractivity contribution is -0.145. The second kappa shape index (κ2) is 13.0. The van der Waals surface area contributed by atoms with Crippen molar-refractivity contribution in [1.29, 1.82) is 0 Å². The van der Waals surface area contributed by atoms with Crippen LogP contribution in [0.15, 0.2) is 42.5 Å². The van der Waals surface area contributed by atoms with Gasteiger partial charge in [0.1, 0.15) is 17.9 Å². The van der Waals surface area contributed by atoms with E-state index in [4.69, 9.17) is 4.74 Å². The molecule has 2 N–H and O–H groups in total. The van der Waals surface area contributed by atoms with E-state index in [1.54, 1.807) is 0 Å². The van der Waals surface area contributed by atoms with Gasteiger partial charge in [0.05, 0.1) is 7.11 Å². The lowest BCUT2D eigenvalue weighted by Crippen LogP contribution is -2.53. The molecule has 0 unspecified atom stereocenters. The molecule has 1 heterocycles. The standard InChI is InChI=1S/C29H32F3N3O5/c1-40-29(39)24(12-17-5-3-2-4-6-17)34-28(38)23(11-18-7-8-18)33-25(36)15-21-9-10-26(37)35(21)16-19-13-20(30)14-22(31)27(19)32/h2-6,13-14,18,21,23-24H,7-12,15-16H2,1H3,(H,33,36)(H,34,38)/t21-,23-,24-/m0/s1. The zero-order chi connectivity index (χ0) is 28.8. The Morgan fingerprint density at radius 1 is 1.02 bits per heavy atom. The highest BCUT2D eigenvalue weighted by Crippen LogP contribution is 2.34. The fourth-order valence-electron chi connectivity index (χ4n) is 4.97. The van der Waals surface area contributed by atoms with E-state index >= 15 is 0 Å². The summed E-state index contributed by atoms with van der Waals surface area (Å²) < 4.78 is 46.4. The number of carbonyl (C=O) groups is 4. The number of hydrogen-bond acceptors (Lipinski definition) is 5. The maximum absolute atomic E-state index is 14.2. The minimum Gasteiger partial charge on any atom is -0.467 e. The summed E-state index contributed by atoms with van der Waals surface area (Å²) in [6, 6.07) is 7.86. The number of esters is 1. The van der Waals surface area contributed by atoms with E-state index in [2.05, 4.69) is 10.6 Å². The van der Waals surface area contributed by atoms with E-state index in [9.17, 15) is 32.3 Å². The van der Waals surface area contributed by atoms with Crippen LogP contribution in [0.2, 0.25) is 0 Å². The molecular formula is C29H32F3N3O5. The Hall–Kier alpha value is -3.89. The number of methoxy groups -OCH3 is 1. The summed E-state index contributed by atoms with van der Waals surface area (Å²) in [7, 11) is 1.23. The molecule has 40 heavy (non-hydrogen) atoms. The molecule has 3 atom stereocenters. The fourth-order valence-corrected chi connectivity index (χ4v) is 4.97. The lowest BCUT2D eigenvalue weighted by atomic mass is 10.0. The number of nitrogens with zero attached hydrogens (tertiary/aromatic N) is 1. The van der Waals surface area contributed by atoms with E-state index in [0.29, 0.717) is 18.9 Å². The van der Waals surface area contributed by atoms with Crippen LogP contribution in [0.5, 0.6) is 0 Å². The molecule has 3 amide bonds. The van der Waals surface area contributed by atoms with Crippen LogP contribution >= 0.6 is 0 Å². The number of hydrogen-bond donors (Lipinski definition) is 2. The average Bonchev–Trinajstić information content (AvgIpc) is 3.69. The first-order valence-corrected chi connectivity index (χ1v) is 13.3. The molecule has 8 nitrogen and oxygen atoms in total. The summed E-state index contributed by atoms with van der Waals surface area (Å²) in [6.45, 7) is -0.385. The Labute approximate surface area is 230 Å². The highest BCUT2D eigenvalue weighted by atomic mass is 19.2. The molecule has 1 aliphatic carbocycles. The van der Waals surface area contributed by atoms with Crippen molar-refractivity contribution in [2.75, 3.05) is 7.11 Å². The van der Waals surface area contributed by atoms with Crippen LogP contribution in [0.3, 0.4) is 0 Å². The number of likely N-dealkylation sites (tertiary alicyclic amines) is 1. The van der Waals surface area contributed by atoms with Gasteiger partial charge in [-0.1, -0.05) is 43.2 Å². The molecule has 0 aromatic heterocycles. The summed E-state index contributed by atoms with van der Waals surface area (Å²) >= 11 is 0. The molecule has 1 saturated carbocycles. The number of rotatable bonds is 12. The number of halogens is 3. The van der Waals surface area contributed by atoms with Crippen molar-refractivity contribution in [2.24, 2.45) is 5.92 Å². The summed E-state index contributed by atoms with van der Waals surface area (Å²) in [6.07, 6.45) is 2.66. The minimum absolute atomic E-state index is 0.101. The van der Waals surface area contributed by atoms with Crippen molar-refractivity contribution >= 4 is 23.7 Å². The zero-order valence-electron chi connectivity index (χ0n) is 22.1. The van der Waals surface area contributed by atoms with Gasteiger partial charge in [-0.05, 0) is 30.4 Å². The van der Waals surface area contributed by atoms with Gasteiger partial charge in [0.15, 0.2) is 11.6 Å². The van der Waals surface area contributed by atoms with Crippen molar-refractivity contribution < 1.29 is 37.1 Å². The molecule has 11 heteroatoms. The first-order chi connectivity index (χ1) is 19.1. The number of nitrogens with one attached hydrogen (secondary N) is 2. The summed E-state index contributed by atoms with van der Waals surface area (Å²) in [5.41, 5.74) is 0.498. The molecule has 2 aromatic rings. The maximum atomic E-state index is 14.2. The minimum atomic E-state index is -1.36. The first kappa shape index (κ1) is 29.1. The van der Waals surface area contributed by atoms with E-state index in [1.165, 1.54) is 12.0 Å². The average molecular weight is 560 g/mol. The van der Waals surface area contributed by atoms with Crippen molar-refractivity contribution in [2.45, 2.75) is 69.6 Å². The fraction of sp³-hybridized carbons (Fsp3) is 0.448. The van der Waals surface area contributed by atoms with E-state index < -0.39 is 53.4 Å². The molecule has 2 aromatic carbocycles. The van der Waals surface area contributed by atoms with Gasteiger partial charge in [-0.2, -0.15) is 0 Å². The number of benzene rings is 2. The molecule has 214 valence electrons. The Morgan fingerprint density at radius 2 is 1.75 bits per heavy atom. The van der Waals surface area contributed by atoms with Gasteiger partial charge in [-0.25, -0.2) is 18.0 Å². The number of carbonyl (C=O) groups excluding carboxylic acids is 4. The highest BCUT2D eigenvalue weighted by molar-refractivity contribution is 5.91. The topological polar surface area (TPSA) is 105 Å². The quantitative estimate of drug-likeness (QED) is 0.307. The van der Waals surface area contributed by atoms with Gasteiger partial charge in [0.25, 0.3) is 0 Å². The largest absolute Gasteiger partial charge is 0.467 e. The molecule has 0 radical (unpaired) electrons. The Bertz CT molecular complexity index is 1250. The predicted molar refractivity (Wildman–Crippen MR) is 138 cm³/mol. The molecule has 0 spiro atoms. The van der Waals surface area contributed by atoms with E-state index in [0.717, 1.165) is 24.5 Å². The van der Waals surface area contributed by atoms with Gasteiger partial charge in [-0.3, -0.25) is 14.4 Å². The van der Waals surface area contributed by atoms with Crippen LogP contribution in [0, 0.1) is 23.4 Å². The van der Waals surface area contributed by atoms with Crippen LogP contribution in [0.25, 0.3) is 0 Å². The van der Waals surface area contributed by atoms with Crippen LogP contribution in [-0.4, -0.2) is 53.8 Å². The maximum Gasteiger partial charge on any atom is 0.328 e. The highest BCUT2D eigenvalue weighted by Gasteiger charge is 2.36. The van der Waals surface area contributed by atoms with Gasteiger partial charge in [0.2, 0.25) is 17.7 Å². The zero-order valence-corrected chi connectivity index (χ0v) is 22.1. The summed E-state index contributed by atoms with van der Waals surface area (Å²) in [5.74, 6) is -5.33. The van der Waals surface area contributed by atoms with Crippen molar-refractivity contribution in [3.05, 3.63) is 71.0 Å². The third-order valence-corrected chi connectivity index (χ3v) is 7.29. The second-order valence-electron chi connectivity index (χ2n) is 10.4. The first-order valence-electron chi connectivity index (χ1n) is 13.3. The third-order valence-electron chi connectivity index (χ3n) is 7.29. The van der Waals surface area contributed by atoms with Crippen molar-refractivity contribution in [3.8, 4) is 0 Å². The SMILES string of the molecule is COC(=O)[C@H](Cc1ccccc1)NC(=O)[C@H](CC1CC1)NC(=O)C[C@@H]1CCC(=O)N1Cc1cc(F)cc(F)c1F. The second-order valence-corrected chi connectivity index (χ2v) is 10.4. The van der Waals surface area contributed by atoms with Gasteiger partial charge in [-0.15, -0.1) is 0 Å². The smallest absolute Gasteiger partial charge is 0.328 e. The van der Waals surface area contributed by atoms with E-state index in [-0.39, 0.29) is 43.2 Å². The normalized spacial score (nSPS) is 18.2. The van der Waals surface area contributed by atoms with Crippen LogP contribution < -0.4 is 10.6 Å². The Balaban J connectivity index is 1.41. The molecular weight excluding hydrogens is 527 g/mol. The lowest BCUT2D eigenvalue weighted by Gasteiger charge is -2.26. The van der Waals surface area contributed by atoms with Gasteiger partial charge >= 0.3 is 5.97 Å². The monoisotopic (exact) mass is 559 g/mol. The molecule has 4 rings (SSSR count). The van der Waals surface area contributed by atoms with Crippen LogP contribution in [0.4, 0.5) is 13.2 Å². The number of ether oxygens (including phenoxy) is 1. The molecule has 1 aliphatic heterocycles. The van der Waals surface area contributed by atoms with Crippen LogP contribution in [0.1, 0.15) is 49.7 Å². The summed E-state index contributed by atoms with van der Waals surface area (Å²) in [4.78, 5) is 52.4. The van der Waals surface area contributed by atoms with Crippen LogP contribution in [-0.2, 0) is 36.9 Å². The van der Waals surface area contributed by atoms with Gasteiger partial charge < -0.3 is 20.3 Å². The molecule has 2 fully saturated rings. The van der Waals surface area contributed by atoms with Gasteiger partial charge in [0, 0.05) is 43.5 Å². The third kappa shape index (κ3) is 7.61. The molecule has 2 aliphatic rings. The van der Waals surface area contributed by atoms with E-state index in [1.807, 2.05) is 30.3 Å². The Morgan fingerprint density at radius 3 is 2.42 bits per heavy atom. The Kier molecular flexibility index (Phi) is 9.44. The number of amides is 3.